The predicted molar refractivity (Wildman–Crippen MR) is 109 cm³/mol. The van der Waals surface area contributed by atoms with Gasteiger partial charge in [-0.15, -0.1) is 0 Å². The van der Waals surface area contributed by atoms with Gasteiger partial charge in [0, 0.05) is 18.0 Å². The largest absolute Gasteiger partial charge is 0.450 e. The van der Waals surface area contributed by atoms with Crippen LogP contribution in [0, 0.1) is 6.92 Å². The molecule has 140 valence electrons. The van der Waals surface area contributed by atoms with Crippen LogP contribution in [0.2, 0.25) is 0 Å². The molecule has 0 aliphatic carbocycles. The van der Waals surface area contributed by atoms with E-state index in [9.17, 15) is 9.59 Å². The van der Waals surface area contributed by atoms with E-state index in [0.29, 0.717) is 23.9 Å². The molecule has 3 rings (SSSR count). The molecule has 1 aromatic carbocycles. The molecule has 1 fully saturated rings. The molecule has 1 aromatic heterocycles. The topological polar surface area (TPSA) is 53.8 Å². The normalized spacial score (nSPS) is 14.9. The molecular formula is C20H20N2O3S2. The smallest absolute Gasteiger partial charge is 0.265 e. The van der Waals surface area contributed by atoms with Gasteiger partial charge in [0.05, 0.1) is 0 Å². The lowest BCUT2D eigenvalue weighted by atomic mass is 10.1. The molecule has 1 saturated heterocycles. The van der Waals surface area contributed by atoms with Crippen molar-refractivity contribution in [3.8, 4) is 0 Å². The lowest BCUT2D eigenvalue weighted by molar-refractivity contribution is -0.133. The fourth-order valence-corrected chi connectivity index (χ4v) is 3.92. The molecule has 2 aromatic rings. The van der Waals surface area contributed by atoms with Crippen molar-refractivity contribution in [1.29, 1.82) is 0 Å². The quantitative estimate of drug-likeness (QED) is 0.429. The summed E-state index contributed by atoms with van der Waals surface area (Å²) < 4.78 is 5.79. The molecule has 1 aliphatic heterocycles. The fraction of sp³-hybridized carbons (Fsp3) is 0.250. The van der Waals surface area contributed by atoms with Crippen molar-refractivity contribution in [2.75, 3.05) is 13.1 Å². The van der Waals surface area contributed by atoms with E-state index in [1.165, 1.54) is 33.2 Å². The summed E-state index contributed by atoms with van der Waals surface area (Å²) in [7, 11) is 0. The van der Waals surface area contributed by atoms with Crippen molar-refractivity contribution in [3.63, 3.8) is 0 Å². The first kappa shape index (κ1) is 19.4. The molecule has 2 heterocycles. The Balaban J connectivity index is 1.85. The summed E-state index contributed by atoms with van der Waals surface area (Å²) in [5, 5.41) is 0.943. The van der Waals surface area contributed by atoms with Crippen LogP contribution in [-0.4, -0.2) is 39.8 Å². The van der Waals surface area contributed by atoms with E-state index in [0.717, 1.165) is 4.90 Å². The molecular weight excluding hydrogens is 380 g/mol. The van der Waals surface area contributed by atoms with Crippen LogP contribution >= 0.6 is 24.0 Å². The average molecular weight is 401 g/mol. The summed E-state index contributed by atoms with van der Waals surface area (Å²) in [6, 6.07) is 11.7. The number of carbonyl (C=O) groups is 2. The van der Waals surface area contributed by atoms with E-state index < -0.39 is 0 Å². The Labute approximate surface area is 168 Å². The summed E-state index contributed by atoms with van der Waals surface area (Å²) >= 11 is 6.74. The first-order chi connectivity index (χ1) is 12.9. The van der Waals surface area contributed by atoms with E-state index in [2.05, 4.69) is 0 Å². The van der Waals surface area contributed by atoms with Gasteiger partial charge in [0.1, 0.15) is 11.3 Å². The molecule has 0 saturated carbocycles. The molecule has 0 bridgehead atoms. The minimum absolute atomic E-state index is 0.0635. The molecule has 27 heavy (non-hydrogen) atoms. The van der Waals surface area contributed by atoms with Crippen LogP contribution in [0.1, 0.15) is 25.2 Å². The summed E-state index contributed by atoms with van der Waals surface area (Å²) in [5.74, 6) is -0.316. The summed E-state index contributed by atoms with van der Waals surface area (Å²) in [5.41, 5.74) is 1.26. The number of carbonyl (C=O) groups excluding carboxylic acids is 2. The highest BCUT2D eigenvalue weighted by molar-refractivity contribution is 7.99. The lowest BCUT2D eigenvalue weighted by Gasteiger charge is -2.35. The molecule has 0 N–H and O–H groups in total. The number of hydrogen-bond donors (Lipinski definition) is 0. The van der Waals surface area contributed by atoms with Crippen molar-refractivity contribution >= 4 is 47.0 Å². The van der Waals surface area contributed by atoms with Gasteiger partial charge in [-0.05, 0) is 63.3 Å². The van der Waals surface area contributed by atoms with Gasteiger partial charge in [0.2, 0.25) is 0 Å². The van der Waals surface area contributed by atoms with Gasteiger partial charge in [0.15, 0.2) is 10.2 Å². The van der Waals surface area contributed by atoms with Crippen LogP contribution in [0.15, 0.2) is 56.4 Å². The summed E-state index contributed by atoms with van der Waals surface area (Å²) in [4.78, 5) is 29.2. The van der Waals surface area contributed by atoms with Gasteiger partial charge in [-0.2, -0.15) is 0 Å². The van der Waals surface area contributed by atoms with Gasteiger partial charge < -0.3 is 4.42 Å². The second kappa shape index (κ2) is 8.10. The van der Waals surface area contributed by atoms with Gasteiger partial charge in [-0.25, -0.2) is 0 Å². The Hall–Kier alpha value is -2.38. The van der Waals surface area contributed by atoms with Crippen LogP contribution in [0.5, 0.6) is 0 Å². The van der Waals surface area contributed by atoms with Crippen molar-refractivity contribution in [1.82, 2.24) is 9.80 Å². The van der Waals surface area contributed by atoms with Crippen LogP contribution in [0.4, 0.5) is 0 Å². The third-order valence-corrected chi connectivity index (χ3v) is 5.54. The number of amides is 2. The van der Waals surface area contributed by atoms with Crippen molar-refractivity contribution in [3.05, 3.63) is 53.3 Å². The average Bonchev–Trinajstić information content (AvgIpc) is 3.08. The highest BCUT2D eigenvalue weighted by Gasteiger charge is 2.38. The Morgan fingerprint density at radius 3 is 2.15 bits per heavy atom. The number of aryl methyl sites for hydroxylation is 1. The fourth-order valence-electron chi connectivity index (χ4n) is 2.71. The maximum Gasteiger partial charge on any atom is 0.265 e. The van der Waals surface area contributed by atoms with Crippen LogP contribution in [0.3, 0.4) is 0 Å². The minimum Gasteiger partial charge on any atom is -0.450 e. The van der Waals surface area contributed by atoms with Crippen molar-refractivity contribution in [2.45, 2.75) is 30.8 Å². The van der Waals surface area contributed by atoms with Gasteiger partial charge >= 0.3 is 0 Å². The Morgan fingerprint density at radius 2 is 1.59 bits per heavy atom. The number of rotatable bonds is 5. The first-order valence-electron chi connectivity index (χ1n) is 8.68. The molecule has 1 aliphatic rings. The number of furan rings is 1. The maximum absolute atomic E-state index is 12.6. The minimum atomic E-state index is -0.388. The predicted octanol–water partition coefficient (Wildman–Crippen LogP) is 4.12. The molecule has 0 spiro atoms. The Bertz CT molecular complexity index is 888. The number of benzene rings is 1. The Morgan fingerprint density at radius 1 is 1.00 bits per heavy atom. The summed E-state index contributed by atoms with van der Waals surface area (Å²) in [6.07, 6.45) is 1.50. The highest BCUT2D eigenvalue weighted by atomic mass is 32.2. The van der Waals surface area contributed by atoms with Crippen molar-refractivity contribution < 1.29 is 14.0 Å². The van der Waals surface area contributed by atoms with Crippen molar-refractivity contribution in [2.24, 2.45) is 0 Å². The van der Waals surface area contributed by atoms with Gasteiger partial charge in [-0.1, -0.05) is 29.5 Å². The zero-order valence-corrected chi connectivity index (χ0v) is 17.0. The highest BCUT2D eigenvalue weighted by Crippen LogP contribution is 2.30. The second-order valence-electron chi connectivity index (χ2n) is 6.01. The second-order valence-corrected chi connectivity index (χ2v) is 7.45. The lowest BCUT2D eigenvalue weighted by Crippen LogP contribution is -2.55. The van der Waals surface area contributed by atoms with Crippen LogP contribution in [-0.2, 0) is 9.59 Å². The third-order valence-electron chi connectivity index (χ3n) is 4.17. The molecule has 7 heteroatoms. The number of likely N-dealkylation sites (N-methyl/N-ethyl adjacent to an activating group) is 2. The van der Waals surface area contributed by atoms with E-state index in [1.54, 1.807) is 6.07 Å². The van der Waals surface area contributed by atoms with E-state index in [-0.39, 0.29) is 22.5 Å². The van der Waals surface area contributed by atoms with E-state index in [4.69, 9.17) is 16.6 Å². The third kappa shape index (κ3) is 3.99. The molecule has 0 radical (unpaired) electrons. The molecule has 2 amide bonds. The summed E-state index contributed by atoms with van der Waals surface area (Å²) in [6.45, 7) is 6.51. The number of hydrogen-bond acceptors (Lipinski definition) is 5. The first-order valence-corrected chi connectivity index (χ1v) is 9.90. The maximum atomic E-state index is 12.6. The van der Waals surface area contributed by atoms with Gasteiger partial charge in [0.25, 0.3) is 11.8 Å². The van der Waals surface area contributed by atoms with E-state index >= 15 is 0 Å². The van der Waals surface area contributed by atoms with Gasteiger partial charge in [-0.3, -0.25) is 19.4 Å². The zero-order valence-electron chi connectivity index (χ0n) is 15.4. The Kier molecular flexibility index (Phi) is 5.82. The molecule has 5 nitrogen and oxygen atoms in total. The van der Waals surface area contributed by atoms with Crippen LogP contribution < -0.4 is 0 Å². The van der Waals surface area contributed by atoms with Crippen LogP contribution in [0.25, 0.3) is 6.08 Å². The number of nitrogens with zero attached hydrogens (tertiary/aromatic N) is 2. The molecule has 0 atom stereocenters. The standard InChI is InChI=1S/C20H20N2O3S2/c1-4-21-18(23)16(19(24)22(5-2)20(21)26)12-14-8-11-17(25-14)27-15-9-6-13(3)7-10-15/h6-12H,4-5H2,1-3H3. The number of thiocarbonyl (C=S) groups is 1. The van der Waals surface area contributed by atoms with E-state index in [1.807, 2.05) is 51.1 Å². The monoisotopic (exact) mass is 400 g/mol. The SMILES string of the molecule is CCN1C(=O)C(=Cc2ccc(Sc3ccc(C)cc3)o2)C(=O)N(CC)C1=S. The zero-order chi connectivity index (χ0) is 19.6. The molecule has 0 unspecified atom stereocenters.